The normalized spacial score (nSPS) is 12.9. The summed E-state index contributed by atoms with van der Waals surface area (Å²) in [5.41, 5.74) is 1.22. The van der Waals surface area contributed by atoms with E-state index in [1.807, 2.05) is 24.3 Å². The third-order valence-electron chi connectivity index (χ3n) is 4.91. The van der Waals surface area contributed by atoms with Crippen LogP contribution in [0, 0.1) is 0 Å². The Labute approximate surface area is 184 Å². The number of nitrogens with one attached hydrogen (secondary N) is 2. The van der Waals surface area contributed by atoms with Crippen LogP contribution in [-0.4, -0.2) is 41.4 Å². The maximum absolute atomic E-state index is 13.0. The van der Waals surface area contributed by atoms with Gasteiger partial charge in [-0.3, -0.25) is 9.59 Å². The SMILES string of the molecule is COc1cccc(Nc2nc(C(=O)N(CCC(=O)NCc3ccco3)C3CC3)cs2)c1. The van der Waals surface area contributed by atoms with Gasteiger partial charge in [0.2, 0.25) is 5.91 Å². The van der Waals surface area contributed by atoms with Gasteiger partial charge in [0.25, 0.3) is 5.91 Å². The predicted octanol–water partition coefficient (Wildman–Crippen LogP) is 3.80. The largest absolute Gasteiger partial charge is 0.497 e. The summed E-state index contributed by atoms with van der Waals surface area (Å²) in [6.45, 7) is 0.707. The molecule has 0 bridgehead atoms. The average Bonchev–Trinajstić information content (AvgIpc) is 3.28. The highest BCUT2D eigenvalue weighted by atomic mass is 32.1. The highest BCUT2D eigenvalue weighted by Crippen LogP contribution is 2.30. The van der Waals surface area contributed by atoms with Crippen LogP contribution in [0.4, 0.5) is 10.8 Å². The smallest absolute Gasteiger partial charge is 0.273 e. The van der Waals surface area contributed by atoms with Gasteiger partial charge in [0.15, 0.2) is 5.13 Å². The molecule has 0 radical (unpaired) electrons. The molecule has 0 atom stereocenters. The summed E-state index contributed by atoms with van der Waals surface area (Å²) in [6, 6.07) is 11.3. The van der Waals surface area contributed by atoms with Crippen LogP contribution in [0.3, 0.4) is 0 Å². The van der Waals surface area contributed by atoms with Gasteiger partial charge >= 0.3 is 0 Å². The quantitative estimate of drug-likeness (QED) is 0.498. The van der Waals surface area contributed by atoms with Gasteiger partial charge < -0.3 is 24.7 Å². The second-order valence-electron chi connectivity index (χ2n) is 7.23. The Morgan fingerprint density at radius 1 is 1.29 bits per heavy atom. The maximum Gasteiger partial charge on any atom is 0.273 e. The minimum absolute atomic E-state index is 0.117. The third kappa shape index (κ3) is 5.64. The van der Waals surface area contributed by atoms with Crippen LogP contribution in [0.2, 0.25) is 0 Å². The molecule has 1 aromatic carbocycles. The number of hydrogen-bond donors (Lipinski definition) is 2. The highest BCUT2D eigenvalue weighted by Gasteiger charge is 2.34. The van der Waals surface area contributed by atoms with Gasteiger partial charge in [-0.1, -0.05) is 6.07 Å². The van der Waals surface area contributed by atoms with Crippen molar-refractivity contribution in [1.82, 2.24) is 15.2 Å². The zero-order chi connectivity index (χ0) is 21.6. The minimum atomic E-state index is -0.142. The van der Waals surface area contributed by atoms with Crippen LogP contribution < -0.4 is 15.4 Å². The first-order valence-corrected chi connectivity index (χ1v) is 11.0. The number of nitrogens with zero attached hydrogens (tertiary/aromatic N) is 2. The van der Waals surface area contributed by atoms with Crippen LogP contribution in [0.5, 0.6) is 5.75 Å². The van der Waals surface area contributed by atoms with Crippen LogP contribution in [0.25, 0.3) is 0 Å². The summed E-state index contributed by atoms with van der Waals surface area (Å²) in [7, 11) is 1.61. The lowest BCUT2D eigenvalue weighted by molar-refractivity contribution is -0.121. The summed E-state index contributed by atoms with van der Waals surface area (Å²) in [5, 5.41) is 8.39. The molecule has 2 amide bonds. The lowest BCUT2D eigenvalue weighted by Crippen LogP contribution is -2.37. The van der Waals surface area contributed by atoms with Gasteiger partial charge in [0, 0.05) is 36.1 Å². The van der Waals surface area contributed by atoms with E-state index in [9.17, 15) is 9.59 Å². The molecule has 2 N–H and O–H groups in total. The number of thiazole rings is 1. The van der Waals surface area contributed by atoms with Crippen molar-refractivity contribution in [2.75, 3.05) is 19.0 Å². The van der Waals surface area contributed by atoms with Gasteiger partial charge in [-0.25, -0.2) is 4.98 Å². The molecule has 1 fully saturated rings. The van der Waals surface area contributed by atoms with Crippen LogP contribution in [0.15, 0.2) is 52.5 Å². The van der Waals surface area contributed by atoms with E-state index in [4.69, 9.17) is 9.15 Å². The molecule has 0 unspecified atom stereocenters. The van der Waals surface area contributed by atoms with Crippen molar-refractivity contribution in [3.05, 3.63) is 59.5 Å². The number of ether oxygens (including phenoxy) is 1. The molecule has 162 valence electrons. The lowest BCUT2D eigenvalue weighted by Gasteiger charge is -2.21. The fraction of sp³-hybridized carbons (Fsp3) is 0.318. The van der Waals surface area contributed by atoms with Gasteiger partial charge in [-0.15, -0.1) is 11.3 Å². The molecule has 1 aliphatic rings. The van der Waals surface area contributed by atoms with Crippen LogP contribution >= 0.6 is 11.3 Å². The molecule has 1 aliphatic carbocycles. The molecular formula is C22H24N4O4S. The fourth-order valence-corrected chi connectivity index (χ4v) is 3.85. The van der Waals surface area contributed by atoms with Crippen molar-refractivity contribution in [3.8, 4) is 5.75 Å². The van der Waals surface area contributed by atoms with E-state index in [0.717, 1.165) is 24.3 Å². The van der Waals surface area contributed by atoms with Gasteiger partial charge in [-0.2, -0.15) is 0 Å². The van der Waals surface area contributed by atoms with E-state index in [1.165, 1.54) is 11.3 Å². The molecular weight excluding hydrogens is 416 g/mol. The third-order valence-corrected chi connectivity index (χ3v) is 5.67. The molecule has 2 aromatic heterocycles. The molecule has 4 rings (SSSR count). The molecule has 3 aromatic rings. The number of amides is 2. The number of carbonyl (C=O) groups is 2. The number of benzene rings is 1. The summed E-state index contributed by atoms with van der Waals surface area (Å²) in [4.78, 5) is 31.4. The summed E-state index contributed by atoms with van der Waals surface area (Å²) in [5.74, 6) is 1.18. The van der Waals surface area contributed by atoms with Crippen molar-refractivity contribution in [3.63, 3.8) is 0 Å². The summed E-state index contributed by atoms with van der Waals surface area (Å²) in [6.07, 6.45) is 3.72. The molecule has 31 heavy (non-hydrogen) atoms. The van der Waals surface area contributed by atoms with E-state index in [-0.39, 0.29) is 24.3 Å². The standard InChI is InChI=1S/C22H24N4O4S/c1-29-17-5-2-4-15(12-17)24-22-25-19(14-31-22)21(28)26(16-7-8-16)10-9-20(27)23-13-18-6-3-11-30-18/h2-6,11-12,14,16H,7-10,13H2,1H3,(H,23,27)(H,24,25). The first-order valence-electron chi connectivity index (χ1n) is 10.1. The van der Waals surface area contributed by atoms with E-state index >= 15 is 0 Å². The number of hydrogen-bond acceptors (Lipinski definition) is 7. The fourth-order valence-electron chi connectivity index (χ4n) is 3.15. The Morgan fingerprint density at radius 3 is 2.90 bits per heavy atom. The zero-order valence-electron chi connectivity index (χ0n) is 17.2. The zero-order valence-corrected chi connectivity index (χ0v) is 18.0. The predicted molar refractivity (Wildman–Crippen MR) is 118 cm³/mol. The van der Waals surface area contributed by atoms with Crippen molar-refractivity contribution in [2.24, 2.45) is 0 Å². The topological polar surface area (TPSA) is 96.7 Å². The van der Waals surface area contributed by atoms with Gasteiger partial charge in [-0.05, 0) is 37.1 Å². The lowest BCUT2D eigenvalue weighted by atomic mass is 10.3. The molecule has 2 heterocycles. The summed E-state index contributed by atoms with van der Waals surface area (Å²) < 4.78 is 10.4. The summed E-state index contributed by atoms with van der Waals surface area (Å²) >= 11 is 1.37. The second kappa shape index (κ2) is 9.65. The highest BCUT2D eigenvalue weighted by molar-refractivity contribution is 7.14. The number of rotatable bonds is 10. The Hall–Kier alpha value is -3.33. The van der Waals surface area contributed by atoms with E-state index < -0.39 is 0 Å². The number of furan rings is 1. The van der Waals surface area contributed by atoms with Crippen molar-refractivity contribution < 1.29 is 18.7 Å². The van der Waals surface area contributed by atoms with E-state index in [2.05, 4.69) is 15.6 Å². The first-order chi connectivity index (χ1) is 15.1. The van der Waals surface area contributed by atoms with Crippen molar-refractivity contribution in [2.45, 2.75) is 31.8 Å². The number of methoxy groups -OCH3 is 1. The monoisotopic (exact) mass is 440 g/mol. The number of aromatic nitrogens is 1. The van der Waals surface area contributed by atoms with Crippen molar-refractivity contribution in [1.29, 1.82) is 0 Å². The molecule has 0 spiro atoms. The van der Waals surface area contributed by atoms with Gasteiger partial charge in [0.1, 0.15) is 17.2 Å². The molecule has 0 aliphatic heterocycles. The Kier molecular flexibility index (Phi) is 6.51. The van der Waals surface area contributed by atoms with E-state index in [0.29, 0.717) is 29.7 Å². The Morgan fingerprint density at radius 2 is 2.16 bits per heavy atom. The molecule has 9 heteroatoms. The Balaban J connectivity index is 1.33. The number of carbonyl (C=O) groups excluding carboxylic acids is 2. The van der Waals surface area contributed by atoms with Crippen molar-refractivity contribution >= 4 is 34.0 Å². The number of anilines is 2. The molecule has 0 saturated heterocycles. The molecule has 8 nitrogen and oxygen atoms in total. The first kappa shape index (κ1) is 20.9. The maximum atomic E-state index is 13.0. The second-order valence-corrected chi connectivity index (χ2v) is 8.09. The Bertz CT molecular complexity index is 1030. The molecule has 1 saturated carbocycles. The van der Waals surface area contributed by atoms with Crippen LogP contribution in [0.1, 0.15) is 35.5 Å². The van der Waals surface area contributed by atoms with E-state index in [1.54, 1.807) is 35.8 Å². The average molecular weight is 441 g/mol. The van der Waals surface area contributed by atoms with Crippen LogP contribution in [-0.2, 0) is 11.3 Å². The van der Waals surface area contributed by atoms with Gasteiger partial charge in [0.05, 0.1) is 19.9 Å². The minimum Gasteiger partial charge on any atom is -0.497 e.